The summed E-state index contributed by atoms with van der Waals surface area (Å²) in [4.78, 5) is 21.0. The fraction of sp³-hybridized carbons (Fsp3) is 0.222. The van der Waals surface area contributed by atoms with E-state index in [-0.39, 0.29) is 17.9 Å². The van der Waals surface area contributed by atoms with Crippen molar-refractivity contribution in [1.29, 1.82) is 0 Å². The third kappa shape index (κ3) is 2.29. The summed E-state index contributed by atoms with van der Waals surface area (Å²) in [6, 6.07) is 5.44. The highest BCUT2D eigenvalue weighted by Gasteiger charge is 2.11. The molecule has 0 unspecified atom stereocenters. The molecular formula is C9H9NO4. The number of non-ortho nitro benzene ring substituents is 1. The van der Waals surface area contributed by atoms with Crippen LogP contribution >= 0.6 is 0 Å². The number of nitro groups is 1. The first-order valence-corrected chi connectivity index (χ1v) is 4.06. The summed E-state index contributed by atoms with van der Waals surface area (Å²) in [7, 11) is 0. The maximum absolute atomic E-state index is 11.2. The minimum Gasteiger partial charge on any atom is -0.462 e. The number of nitrogens with zero attached hydrogens (tertiary/aromatic N) is 1. The Labute approximate surface area is 80.5 Å². The highest BCUT2D eigenvalue weighted by molar-refractivity contribution is 5.90. The van der Waals surface area contributed by atoms with Gasteiger partial charge in [0.15, 0.2) is 0 Å². The molecule has 74 valence electrons. The second-order valence-electron chi connectivity index (χ2n) is 2.53. The fourth-order valence-corrected chi connectivity index (χ4v) is 0.961. The third-order valence-corrected chi connectivity index (χ3v) is 1.57. The van der Waals surface area contributed by atoms with Crippen molar-refractivity contribution < 1.29 is 14.5 Å². The van der Waals surface area contributed by atoms with E-state index in [4.69, 9.17) is 4.74 Å². The van der Waals surface area contributed by atoms with E-state index in [9.17, 15) is 14.9 Å². The molecule has 0 aliphatic carbocycles. The molecule has 1 aromatic rings. The van der Waals surface area contributed by atoms with Crippen LogP contribution in [0.15, 0.2) is 24.3 Å². The molecule has 0 aliphatic rings. The number of hydrogen-bond donors (Lipinski definition) is 0. The Morgan fingerprint density at radius 2 is 2.29 bits per heavy atom. The van der Waals surface area contributed by atoms with Crippen molar-refractivity contribution in [3.8, 4) is 0 Å². The zero-order chi connectivity index (χ0) is 10.6. The smallest absolute Gasteiger partial charge is 0.338 e. The molecule has 0 bridgehead atoms. The van der Waals surface area contributed by atoms with Gasteiger partial charge in [0.1, 0.15) is 0 Å². The second-order valence-corrected chi connectivity index (χ2v) is 2.53. The minimum atomic E-state index is -0.553. The van der Waals surface area contributed by atoms with E-state index < -0.39 is 10.9 Å². The quantitative estimate of drug-likeness (QED) is 0.418. The van der Waals surface area contributed by atoms with Crippen LogP contribution in [0, 0.1) is 10.1 Å². The summed E-state index contributed by atoms with van der Waals surface area (Å²) in [5.74, 6) is -0.545. The average molecular weight is 195 g/mol. The van der Waals surface area contributed by atoms with E-state index in [1.807, 2.05) is 0 Å². The van der Waals surface area contributed by atoms with Crippen LogP contribution < -0.4 is 0 Å². The van der Waals surface area contributed by atoms with Crippen molar-refractivity contribution in [3.05, 3.63) is 39.9 Å². The first-order valence-electron chi connectivity index (χ1n) is 4.06. The maximum atomic E-state index is 11.2. The van der Waals surface area contributed by atoms with E-state index in [2.05, 4.69) is 0 Å². The van der Waals surface area contributed by atoms with Gasteiger partial charge in [0, 0.05) is 12.1 Å². The minimum absolute atomic E-state index is 0.115. The summed E-state index contributed by atoms with van der Waals surface area (Å²) in [5.41, 5.74) is 0.0802. The maximum Gasteiger partial charge on any atom is 0.338 e. The predicted octanol–water partition coefficient (Wildman–Crippen LogP) is 1.77. The lowest BCUT2D eigenvalue weighted by atomic mass is 10.2. The van der Waals surface area contributed by atoms with E-state index in [1.165, 1.54) is 24.3 Å². The zero-order valence-electron chi connectivity index (χ0n) is 7.60. The van der Waals surface area contributed by atoms with Crippen molar-refractivity contribution >= 4 is 11.7 Å². The van der Waals surface area contributed by atoms with E-state index >= 15 is 0 Å². The second kappa shape index (κ2) is 4.36. The molecule has 5 heteroatoms. The van der Waals surface area contributed by atoms with Crippen LogP contribution in [0.5, 0.6) is 0 Å². The van der Waals surface area contributed by atoms with Crippen molar-refractivity contribution in [2.75, 3.05) is 6.61 Å². The molecule has 0 aliphatic heterocycles. The average Bonchev–Trinajstić information content (AvgIpc) is 2.18. The lowest BCUT2D eigenvalue weighted by Crippen LogP contribution is -2.04. The van der Waals surface area contributed by atoms with Gasteiger partial charge in [0.25, 0.3) is 5.69 Å². The lowest BCUT2D eigenvalue weighted by molar-refractivity contribution is -0.384. The number of rotatable bonds is 3. The molecule has 5 nitrogen and oxygen atoms in total. The van der Waals surface area contributed by atoms with Crippen LogP contribution in [0.2, 0.25) is 0 Å². The van der Waals surface area contributed by atoms with Crippen molar-refractivity contribution in [2.24, 2.45) is 0 Å². The SMILES string of the molecule is CCOC(=O)c1cccc([N+](=O)[O-])c1. The summed E-state index contributed by atoms with van der Waals surface area (Å²) < 4.78 is 4.70. The summed E-state index contributed by atoms with van der Waals surface area (Å²) >= 11 is 0. The standard InChI is InChI=1S/C9H9NO4/c1-2-14-9(11)7-4-3-5-8(6-7)10(12)13/h3-6H,2H2,1H3. The van der Waals surface area contributed by atoms with Gasteiger partial charge in [-0.2, -0.15) is 0 Å². The lowest BCUT2D eigenvalue weighted by Gasteiger charge is -2.00. The van der Waals surface area contributed by atoms with Gasteiger partial charge in [-0.1, -0.05) is 6.07 Å². The van der Waals surface area contributed by atoms with E-state index in [1.54, 1.807) is 6.92 Å². The molecule has 0 saturated carbocycles. The first kappa shape index (κ1) is 10.2. The number of hydrogen-bond acceptors (Lipinski definition) is 4. The largest absolute Gasteiger partial charge is 0.462 e. The van der Waals surface area contributed by atoms with Crippen molar-refractivity contribution in [2.45, 2.75) is 6.92 Å². The van der Waals surface area contributed by atoms with Crippen LogP contribution in [0.25, 0.3) is 0 Å². The van der Waals surface area contributed by atoms with Gasteiger partial charge in [0.2, 0.25) is 0 Å². The van der Waals surface area contributed by atoms with Crippen molar-refractivity contribution in [3.63, 3.8) is 0 Å². The molecule has 0 radical (unpaired) electrons. The molecule has 0 atom stereocenters. The molecule has 14 heavy (non-hydrogen) atoms. The number of ether oxygens (including phenoxy) is 1. The van der Waals surface area contributed by atoms with E-state index in [0.717, 1.165) is 0 Å². The molecule has 0 heterocycles. The monoisotopic (exact) mass is 195 g/mol. The number of carbonyl (C=O) groups excluding carboxylic acids is 1. The highest BCUT2D eigenvalue weighted by Crippen LogP contribution is 2.13. The number of carbonyl (C=O) groups is 1. The molecule has 0 aromatic heterocycles. The molecule has 1 aromatic carbocycles. The molecule has 0 N–H and O–H groups in total. The van der Waals surface area contributed by atoms with Gasteiger partial charge in [0.05, 0.1) is 17.1 Å². The Kier molecular flexibility index (Phi) is 3.17. The Morgan fingerprint density at radius 1 is 1.57 bits per heavy atom. The van der Waals surface area contributed by atoms with Gasteiger partial charge < -0.3 is 4.74 Å². The van der Waals surface area contributed by atoms with Gasteiger partial charge in [-0.3, -0.25) is 10.1 Å². The van der Waals surface area contributed by atoms with Crippen LogP contribution in [-0.2, 0) is 4.74 Å². The number of esters is 1. The van der Waals surface area contributed by atoms with Crippen LogP contribution in [0.4, 0.5) is 5.69 Å². The molecule has 0 amide bonds. The third-order valence-electron chi connectivity index (χ3n) is 1.57. The van der Waals surface area contributed by atoms with E-state index in [0.29, 0.717) is 0 Å². The normalized spacial score (nSPS) is 9.50. The van der Waals surface area contributed by atoms with Crippen LogP contribution in [0.3, 0.4) is 0 Å². The predicted molar refractivity (Wildman–Crippen MR) is 49.1 cm³/mol. The van der Waals surface area contributed by atoms with Gasteiger partial charge in [-0.15, -0.1) is 0 Å². The fourth-order valence-electron chi connectivity index (χ4n) is 0.961. The highest BCUT2D eigenvalue weighted by atomic mass is 16.6. The summed E-state index contributed by atoms with van der Waals surface area (Å²) in [6.45, 7) is 1.93. The van der Waals surface area contributed by atoms with Crippen LogP contribution in [0.1, 0.15) is 17.3 Å². The number of benzene rings is 1. The summed E-state index contributed by atoms with van der Waals surface area (Å²) in [5, 5.41) is 10.4. The molecule has 0 spiro atoms. The zero-order valence-corrected chi connectivity index (χ0v) is 7.60. The Bertz CT molecular complexity index is 362. The van der Waals surface area contributed by atoms with Gasteiger partial charge in [-0.25, -0.2) is 4.79 Å². The Morgan fingerprint density at radius 3 is 2.86 bits per heavy atom. The summed E-state index contributed by atoms with van der Waals surface area (Å²) in [6.07, 6.45) is 0. The van der Waals surface area contributed by atoms with Gasteiger partial charge >= 0.3 is 5.97 Å². The van der Waals surface area contributed by atoms with Crippen LogP contribution in [-0.4, -0.2) is 17.5 Å². The molecule has 0 fully saturated rings. The topological polar surface area (TPSA) is 69.4 Å². The van der Waals surface area contributed by atoms with Gasteiger partial charge in [-0.05, 0) is 13.0 Å². The Hall–Kier alpha value is -1.91. The molecular weight excluding hydrogens is 186 g/mol. The first-order chi connectivity index (χ1) is 6.65. The number of nitro benzene ring substituents is 1. The van der Waals surface area contributed by atoms with Crippen molar-refractivity contribution in [1.82, 2.24) is 0 Å². The molecule has 0 saturated heterocycles. The Balaban J connectivity index is 2.93. The molecule has 1 rings (SSSR count).